The third-order valence-electron chi connectivity index (χ3n) is 29.3. The van der Waals surface area contributed by atoms with Gasteiger partial charge in [0.05, 0.1) is 0 Å². The van der Waals surface area contributed by atoms with E-state index in [-0.39, 0.29) is 5.89 Å². The smallest absolute Gasteiger partial charge is 0.201 e. The highest BCUT2D eigenvalue weighted by Crippen LogP contribution is 2.56. The number of benzene rings is 8. The Morgan fingerprint density at radius 2 is 0.632 bits per heavy atom. The van der Waals surface area contributed by atoms with Crippen LogP contribution < -0.4 is 18.3 Å². The molecule has 8 aromatic carbocycles. The Morgan fingerprint density at radius 3 is 0.991 bits per heavy atom. The second-order valence-electron chi connectivity index (χ2n) is 37.8. The molecule has 602 valence electrons. The molecule has 6 aliphatic carbocycles. The molecular weight excluding hydrogens is 1410 g/mol. The fourth-order valence-electron chi connectivity index (χ4n) is 22.0. The highest BCUT2D eigenvalue weighted by Gasteiger charge is 2.43. The van der Waals surface area contributed by atoms with Gasteiger partial charge in [-0.15, -0.1) is 0 Å². The summed E-state index contributed by atoms with van der Waals surface area (Å²) in [4.78, 5) is 0. The maximum absolute atomic E-state index is 9.34. The first-order valence-corrected chi connectivity index (χ1v) is 45.0. The van der Waals surface area contributed by atoms with Crippen LogP contribution in [-0.2, 0) is 28.2 Å². The zero-order chi connectivity index (χ0) is 83.3. The lowest BCUT2D eigenvalue weighted by Gasteiger charge is -2.48. The third kappa shape index (κ3) is 18.8. The lowest BCUT2D eigenvalue weighted by atomic mass is 9.57. The molecule has 18 rings (SSSR count). The summed E-state index contributed by atoms with van der Waals surface area (Å²) in [7, 11) is 8.47. The van der Waals surface area contributed by atoms with Crippen molar-refractivity contribution >= 4 is 0 Å². The number of aromatic nitrogens is 4. The van der Waals surface area contributed by atoms with Gasteiger partial charge in [0.25, 0.3) is 0 Å². The highest BCUT2D eigenvalue weighted by atomic mass is 14.9. The van der Waals surface area contributed by atoms with Gasteiger partial charge in [0.2, 0.25) is 22.8 Å². The summed E-state index contributed by atoms with van der Waals surface area (Å²) in [6.07, 6.45) is 33.4. The van der Waals surface area contributed by atoms with Gasteiger partial charge in [0, 0.05) is 73.5 Å². The molecule has 0 amide bonds. The molecule has 6 aliphatic rings. The van der Waals surface area contributed by atoms with Crippen molar-refractivity contribution in [2.75, 3.05) is 0 Å². The Balaban J connectivity index is 0.000000124. The molecule has 4 aromatic heterocycles. The van der Waals surface area contributed by atoms with Gasteiger partial charge >= 0.3 is 0 Å². The van der Waals surface area contributed by atoms with Gasteiger partial charge in [0.15, 0.2) is 24.8 Å². The molecule has 0 saturated heterocycles. The topological polar surface area (TPSA) is 15.5 Å². The molecule has 4 heterocycles. The number of hydrogen-bond acceptors (Lipinski definition) is 0. The normalized spacial score (nSPS) is 23.5. The Kier molecular flexibility index (Phi) is 25.0. The first kappa shape index (κ1) is 79.8. The predicted octanol–water partition coefficient (Wildman–Crippen LogP) is 28.2. The van der Waals surface area contributed by atoms with Gasteiger partial charge in [-0.25, -0.2) is 18.3 Å². The van der Waals surface area contributed by atoms with E-state index >= 15 is 0 Å². The standard InChI is InChI=1S/2C30H36N.C27H30N.C26H32N/c2*1-22-8-4-5-10-28(22)29-21-26(16-19-31(29)3)24-13-11-23(12-14-24)25-15-18-30(2)17-7-6-9-27(30)20-25;1-19-6-3-4-9-26(19)27-18-24(14-15-28(27)2)20-10-12-21(13-11-20)25-16-22-7-5-8-23(22)17-25;1-18(2)26(19(3)4)22-13-11-21(12-14-22)23-15-16-27(6)25(17-23)24-10-8-7-9-20(24)5/h2*4-5,8,10-14,16,19,21,25,27H,6-7,9,15,17-18,20H2,1-3H3;3-4,6,9-15,18,22-23,25H,5,7-8,16-17H2,1-2H3;7-19,26H,1-6H3/q4*+1/t2*25?,27-,30-;22-,23+,25?;/m00../s1/i25D;;25D;. The van der Waals surface area contributed by atoms with E-state index in [0.29, 0.717) is 34.5 Å². The monoisotopic (exact) mass is 1550 g/mol. The number of rotatable bonds is 14. The van der Waals surface area contributed by atoms with Crippen LogP contribution in [-0.4, -0.2) is 0 Å². The van der Waals surface area contributed by atoms with Gasteiger partial charge < -0.3 is 0 Å². The van der Waals surface area contributed by atoms with E-state index in [2.05, 4.69) is 383 Å². The Hall–Kier alpha value is -9.64. The van der Waals surface area contributed by atoms with Crippen LogP contribution in [0.25, 0.3) is 89.5 Å². The number of fused-ring (bicyclic) bond motifs is 3. The van der Waals surface area contributed by atoms with Crippen molar-refractivity contribution in [3.05, 3.63) is 312 Å². The van der Waals surface area contributed by atoms with Crippen molar-refractivity contribution in [1.82, 2.24) is 0 Å². The molecule has 4 heteroatoms. The molecule has 3 unspecified atom stereocenters. The van der Waals surface area contributed by atoms with E-state index in [0.717, 1.165) is 49.4 Å². The van der Waals surface area contributed by atoms with Crippen LogP contribution in [0.1, 0.15) is 234 Å². The van der Waals surface area contributed by atoms with Crippen molar-refractivity contribution in [2.24, 2.45) is 74.5 Å². The van der Waals surface area contributed by atoms with Crippen LogP contribution in [0.15, 0.2) is 267 Å². The molecule has 9 atom stereocenters. The van der Waals surface area contributed by atoms with E-state index < -0.39 is 5.89 Å². The molecule has 6 saturated carbocycles. The second kappa shape index (κ2) is 36.7. The van der Waals surface area contributed by atoms with Crippen molar-refractivity contribution in [1.29, 1.82) is 0 Å². The Bertz CT molecular complexity index is 5460. The van der Waals surface area contributed by atoms with Crippen molar-refractivity contribution in [2.45, 2.75) is 215 Å². The number of pyridine rings is 4. The van der Waals surface area contributed by atoms with Crippen LogP contribution in [0, 0.1) is 74.0 Å². The molecule has 0 spiro atoms. The summed E-state index contributed by atoms with van der Waals surface area (Å²) in [6, 6.07) is 88.9. The van der Waals surface area contributed by atoms with Crippen LogP contribution >= 0.6 is 0 Å². The summed E-state index contributed by atoms with van der Waals surface area (Å²) >= 11 is 0. The van der Waals surface area contributed by atoms with Gasteiger partial charge in [-0.1, -0.05) is 256 Å². The number of hydrogen-bond donors (Lipinski definition) is 0. The minimum atomic E-state index is -0.421. The van der Waals surface area contributed by atoms with Crippen molar-refractivity contribution in [3.8, 4) is 89.5 Å². The molecular formula is C113H134N4+4. The number of aryl methyl sites for hydroxylation is 8. The molecule has 117 heavy (non-hydrogen) atoms. The second-order valence-corrected chi connectivity index (χ2v) is 37.8. The van der Waals surface area contributed by atoms with E-state index in [1.165, 1.54) is 225 Å². The van der Waals surface area contributed by atoms with Gasteiger partial charge in [-0.2, -0.15) is 0 Å². The molecule has 4 nitrogen and oxygen atoms in total. The highest BCUT2D eigenvalue weighted by molar-refractivity contribution is 5.74. The van der Waals surface area contributed by atoms with E-state index in [4.69, 9.17) is 1.37 Å². The Labute approximate surface area is 707 Å². The van der Waals surface area contributed by atoms with Crippen LogP contribution in [0.2, 0.25) is 0 Å². The maximum atomic E-state index is 9.34. The summed E-state index contributed by atoms with van der Waals surface area (Å²) in [5.74, 6) is 5.10. The Morgan fingerprint density at radius 1 is 0.308 bits per heavy atom. The SMILES string of the molecule is Cc1ccccc1-c1cc(-c2ccc(C(C(C)C)C(C)C)cc2)cc[n+]1C.Cc1ccccc1-c1cc(-c2ccc(C3CC[C@]4(C)CCCC[C@H]4C3)cc2)cc[n+]1C.[2H]C1(c2ccc(-c3cc[n+](C)c(-c4ccccc4C)c3)cc2)CC[C@]2(C)CCCC[C@H]2C1.[2H]C1(c2ccc(-c3cc[n+](C)c(-c4ccccc4C)c3)cc2)C[C@H]2CCC[C@H]2C1. The molecule has 0 radical (unpaired) electrons. The van der Waals surface area contributed by atoms with Gasteiger partial charge in [-0.05, 0) is 288 Å². The minimum Gasteiger partial charge on any atom is -0.201 e. The lowest BCUT2D eigenvalue weighted by Crippen LogP contribution is -2.36. The first-order valence-electron chi connectivity index (χ1n) is 46.0. The fraction of sp³-hybridized carbons (Fsp3) is 0.398. The van der Waals surface area contributed by atoms with Crippen LogP contribution in [0.5, 0.6) is 0 Å². The average molecular weight is 1550 g/mol. The minimum absolute atomic E-state index is 0.371. The molecule has 0 bridgehead atoms. The van der Waals surface area contributed by atoms with Crippen LogP contribution in [0.4, 0.5) is 0 Å². The molecule has 12 aromatic rings. The third-order valence-corrected chi connectivity index (χ3v) is 29.3. The average Bonchev–Trinajstić information content (AvgIpc) is 1.73. The largest absolute Gasteiger partial charge is 0.213 e. The summed E-state index contributed by atoms with van der Waals surface area (Å²) in [5, 5.41) is 0. The van der Waals surface area contributed by atoms with Crippen molar-refractivity contribution < 1.29 is 21.0 Å². The first-order chi connectivity index (χ1) is 57.3. The van der Waals surface area contributed by atoms with E-state index in [1.807, 2.05) is 0 Å². The van der Waals surface area contributed by atoms with Gasteiger partial charge in [0.1, 0.15) is 28.2 Å². The number of nitrogens with zero attached hydrogens (tertiary/aromatic N) is 4. The molecule has 6 fully saturated rings. The van der Waals surface area contributed by atoms with E-state index in [9.17, 15) is 1.37 Å². The summed E-state index contributed by atoms with van der Waals surface area (Å²) < 4.78 is 27.2. The fourth-order valence-corrected chi connectivity index (χ4v) is 22.0. The quantitative estimate of drug-likeness (QED) is 0.0965. The molecule has 0 aliphatic heterocycles. The van der Waals surface area contributed by atoms with Crippen LogP contribution in [0.3, 0.4) is 0 Å². The van der Waals surface area contributed by atoms with Gasteiger partial charge in [-0.3, -0.25) is 0 Å². The zero-order valence-corrected chi connectivity index (χ0v) is 73.2. The molecule has 0 N–H and O–H groups in total. The zero-order valence-electron chi connectivity index (χ0n) is 75.2. The maximum Gasteiger partial charge on any atom is 0.213 e. The predicted molar refractivity (Wildman–Crippen MR) is 491 cm³/mol. The van der Waals surface area contributed by atoms with E-state index in [1.54, 1.807) is 5.56 Å². The lowest BCUT2D eigenvalue weighted by molar-refractivity contribution is -0.660. The summed E-state index contributed by atoms with van der Waals surface area (Å²) in [5.41, 5.74) is 31.9. The summed E-state index contributed by atoms with van der Waals surface area (Å²) in [6.45, 7) is 23.1. The van der Waals surface area contributed by atoms with Crippen molar-refractivity contribution in [3.63, 3.8) is 0 Å².